The standard InChI is InChI=1S/C25H22ClFN6O2/c1-14-11-30-22(13-29-14)25(35)31-12-15-2-5-21(33-24(15)28)19-9-18(4-7-23(19)34)32-20-6-3-17(26)8-16(20)10-27/h2-9,11,13,32,34H,10,12H2,1H3,(H2,28,33)(H,31,35). The minimum atomic E-state index is -0.680. The first-order valence-corrected chi connectivity index (χ1v) is 11.0. The van der Waals surface area contributed by atoms with Crippen molar-refractivity contribution in [1.29, 1.82) is 0 Å². The molecular formula is C25H22ClFN6O2. The molecule has 0 saturated carbocycles. The molecule has 178 valence electrons. The fourth-order valence-electron chi connectivity index (χ4n) is 3.35. The molecule has 35 heavy (non-hydrogen) atoms. The first-order chi connectivity index (χ1) is 16.8. The minimum Gasteiger partial charge on any atom is -0.507 e. The smallest absolute Gasteiger partial charge is 0.271 e. The topological polar surface area (TPSA) is 126 Å². The van der Waals surface area contributed by atoms with Gasteiger partial charge in [-0.25, -0.2) is 14.4 Å². The SMILES string of the molecule is Cc1cnc(C(=O)NCc2ccc(-c3cc(Nc4ccc(Cl)cc4CF)ccc3O)nc2N)cn1. The van der Waals surface area contributed by atoms with Gasteiger partial charge < -0.3 is 21.5 Å². The van der Waals surface area contributed by atoms with Crippen LogP contribution in [0.15, 0.2) is 60.9 Å². The molecule has 10 heteroatoms. The number of amides is 1. The zero-order valence-corrected chi connectivity index (χ0v) is 19.5. The van der Waals surface area contributed by atoms with E-state index in [1.54, 1.807) is 49.4 Å². The van der Waals surface area contributed by atoms with Gasteiger partial charge in [0.1, 0.15) is 23.9 Å². The first kappa shape index (κ1) is 23.9. The predicted molar refractivity (Wildman–Crippen MR) is 133 cm³/mol. The maximum atomic E-state index is 13.4. The van der Waals surface area contributed by atoms with Crippen molar-refractivity contribution in [3.8, 4) is 17.0 Å². The van der Waals surface area contributed by atoms with E-state index < -0.39 is 6.67 Å². The van der Waals surface area contributed by atoms with Crippen molar-refractivity contribution in [1.82, 2.24) is 20.3 Å². The quantitative estimate of drug-likeness (QED) is 0.269. The summed E-state index contributed by atoms with van der Waals surface area (Å²) in [4.78, 5) is 24.8. The number of carbonyl (C=O) groups excluding carboxylic acids is 1. The fraction of sp³-hybridized carbons (Fsp3) is 0.120. The van der Waals surface area contributed by atoms with Crippen LogP contribution in [0.4, 0.5) is 21.6 Å². The van der Waals surface area contributed by atoms with E-state index in [1.807, 2.05) is 0 Å². The molecule has 0 radical (unpaired) electrons. The number of pyridine rings is 1. The third-order valence-electron chi connectivity index (χ3n) is 5.23. The lowest BCUT2D eigenvalue weighted by Crippen LogP contribution is -2.24. The van der Waals surface area contributed by atoms with Crippen LogP contribution in [0.25, 0.3) is 11.3 Å². The average molecular weight is 493 g/mol. The summed E-state index contributed by atoms with van der Waals surface area (Å²) in [5, 5.41) is 16.7. The Hall–Kier alpha value is -4.24. The summed E-state index contributed by atoms with van der Waals surface area (Å²) in [6.07, 6.45) is 2.92. The number of aryl methyl sites for hydroxylation is 1. The second kappa shape index (κ2) is 10.4. The summed E-state index contributed by atoms with van der Waals surface area (Å²) < 4.78 is 13.4. The van der Waals surface area contributed by atoms with E-state index in [0.717, 1.165) is 0 Å². The van der Waals surface area contributed by atoms with Crippen molar-refractivity contribution < 1.29 is 14.3 Å². The van der Waals surface area contributed by atoms with Crippen LogP contribution in [0, 0.1) is 6.92 Å². The molecule has 0 aliphatic heterocycles. The molecule has 1 amide bonds. The van der Waals surface area contributed by atoms with Gasteiger partial charge in [-0.05, 0) is 49.4 Å². The highest BCUT2D eigenvalue weighted by Gasteiger charge is 2.13. The van der Waals surface area contributed by atoms with Gasteiger partial charge in [-0.1, -0.05) is 17.7 Å². The van der Waals surface area contributed by atoms with E-state index in [4.69, 9.17) is 17.3 Å². The molecule has 0 atom stereocenters. The molecule has 0 aliphatic carbocycles. The highest BCUT2D eigenvalue weighted by Crippen LogP contribution is 2.33. The van der Waals surface area contributed by atoms with Gasteiger partial charge in [0.15, 0.2) is 0 Å². The molecule has 4 aromatic rings. The highest BCUT2D eigenvalue weighted by molar-refractivity contribution is 6.30. The Morgan fingerprint density at radius 3 is 2.63 bits per heavy atom. The predicted octanol–water partition coefficient (Wildman–Crippen LogP) is 4.93. The number of hydrogen-bond acceptors (Lipinski definition) is 7. The van der Waals surface area contributed by atoms with Gasteiger partial charge in [0.05, 0.1) is 17.6 Å². The monoisotopic (exact) mass is 492 g/mol. The van der Waals surface area contributed by atoms with Gasteiger partial charge in [0.25, 0.3) is 5.91 Å². The summed E-state index contributed by atoms with van der Waals surface area (Å²) in [6.45, 7) is 1.25. The number of aromatic nitrogens is 3. The third kappa shape index (κ3) is 5.64. The normalized spacial score (nSPS) is 10.7. The van der Waals surface area contributed by atoms with Crippen LogP contribution < -0.4 is 16.4 Å². The molecular weight excluding hydrogens is 471 g/mol. The molecule has 0 saturated heterocycles. The first-order valence-electron chi connectivity index (χ1n) is 10.6. The van der Waals surface area contributed by atoms with Gasteiger partial charge in [0, 0.05) is 45.8 Å². The Bertz CT molecular complexity index is 1380. The maximum Gasteiger partial charge on any atom is 0.271 e. The van der Waals surface area contributed by atoms with Crippen molar-refractivity contribution in [3.05, 3.63) is 88.5 Å². The van der Waals surface area contributed by atoms with Crippen LogP contribution in [0.3, 0.4) is 0 Å². The van der Waals surface area contributed by atoms with Crippen molar-refractivity contribution in [2.45, 2.75) is 20.1 Å². The number of phenols is 1. The average Bonchev–Trinajstić information content (AvgIpc) is 2.85. The van der Waals surface area contributed by atoms with Crippen LogP contribution in [-0.4, -0.2) is 26.0 Å². The summed E-state index contributed by atoms with van der Waals surface area (Å²) in [7, 11) is 0. The van der Waals surface area contributed by atoms with Crippen molar-refractivity contribution in [2.24, 2.45) is 0 Å². The fourth-order valence-corrected chi connectivity index (χ4v) is 3.54. The zero-order chi connectivity index (χ0) is 24.9. The molecule has 2 aromatic heterocycles. The van der Waals surface area contributed by atoms with Gasteiger partial charge in [-0.2, -0.15) is 0 Å². The molecule has 5 N–H and O–H groups in total. The third-order valence-corrected chi connectivity index (χ3v) is 5.46. The van der Waals surface area contributed by atoms with Crippen LogP contribution in [0.1, 0.15) is 27.3 Å². The van der Waals surface area contributed by atoms with Crippen molar-refractivity contribution >= 4 is 34.7 Å². The Labute approximate surface area is 206 Å². The van der Waals surface area contributed by atoms with Gasteiger partial charge in [-0.15, -0.1) is 0 Å². The van der Waals surface area contributed by atoms with E-state index in [9.17, 15) is 14.3 Å². The number of hydrogen-bond donors (Lipinski definition) is 4. The van der Waals surface area contributed by atoms with Gasteiger partial charge in [-0.3, -0.25) is 9.78 Å². The second-order valence-electron chi connectivity index (χ2n) is 7.76. The Balaban J connectivity index is 1.51. The number of benzene rings is 2. The lowest BCUT2D eigenvalue weighted by atomic mass is 10.1. The van der Waals surface area contributed by atoms with E-state index in [0.29, 0.717) is 44.5 Å². The molecule has 0 bridgehead atoms. The number of halogens is 2. The number of rotatable bonds is 7. The summed E-state index contributed by atoms with van der Waals surface area (Å²) in [5.41, 5.74) is 10.1. The summed E-state index contributed by atoms with van der Waals surface area (Å²) >= 11 is 5.95. The second-order valence-corrected chi connectivity index (χ2v) is 8.20. The van der Waals surface area contributed by atoms with Gasteiger partial charge in [0.2, 0.25) is 0 Å². The molecule has 4 rings (SSSR count). The molecule has 0 unspecified atom stereocenters. The van der Waals surface area contributed by atoms with Crippen LogP contribution in [-0.2, 0) is 13.2 Å². The number of anilines is 3. The number of aromatic hydroxyl groups is 1. The number of nitrogens with zero attached hydrogens (tertiary/aromatic N) is 3. The molecule has 8 nitrogen and oxygen atoms in total. The number of carbonyl (C=O) groups is 1. The van der Waals surface area contributed by atoms with Crippen molar-refractivity contribution in [3.63, 3.8) is 0 Å². The van der Waals surface area contributed by atoms with E-state index in [1.165, 1.54) is 18.5 Å². The number of phenolic OH excluding ortho intramolecular Hbond substituents is 1. The van der Waals surface area contributed by atoms with Crippen LogP contribution >= 0.6 is 11.6 Å². The Morgan fingerprint density at radius 1 is 1.09 bits per heavy atom. The number of nitrogen functional groups attached to an aromatic ring is 1. The van der Waals surface area contributed by atoms with E-state index >= 15 is 0 Å². The number of nitrogens with one attached hydrogen (secondary N) is 2. The minimum absolute atomic E-state index is 0.00303. The van der Waals surface area contributed by atoms with Crippen LogP contribution in [0.2, 0.25) is 5.02 Å². The molecule has 2 aromatic carbocycles. The van der Waals surface area contributed by atoms with E-state index in [2.05, 4.69) is 25.6 Å². The Morgan fingerprint density at radius 2 is 1.91 bits per heavy atom. The summed E-state index contributed by atoms with van der Waals surface area (Å²) in [6, 6.07) is 13.2. The summed E-state index contributed by atoms with van der Waals surface area (Å²) in [5.74, 6) is -0.177. The Kier molecular flexibility index (Phi) is 7.07. The van der Waals surface area contributed by atoms with Gasteiger partial charge >= 0.3 is 0 Å². The zero-order valence-electron chi connectivity index (χ0n) is 18.7. The number of nitrogens with two attached hydrogens (primary N) is 1. The lowest BCUT2D eigenvalue weighted by Gasteiger charge is -2.14. The maximum absolute atomic E-state index is 13.4. The van der Waals surface area contributed by atoms with Crippen LogP contribution in [0.5, 0.6) is 5.75 Å². The molecule has 2 heterocycles. The largest absolute Gasteiger partial charge is 0.507 e. The highest BCUT2D eigenvalue weighted by atomic mass is 35.5. The van der Waals surface area contributed by atoms with E-state index in [-0.39, 0.29) is 29.7 Å². The molecule has 0 spiro atoms. The molecule has 0 fully saturated rings. The lowest BCUT2D eigenvalue weighted by molar-refractivity contribution is 0.0945. The number of alkyl halides is 1. The molecule has 0 aliphatic rings. The van der Waals surface area contributed by atoms with Crippen molar-refractivity contribution in [2.75, 3.05) is 11.1 Å².